The van der Waals surface area contributed by atoms with Crippen molar-refractivity contribution >= 4 is 35.3 Å². The lowest BCUT2D eigenvalue weighted by molar-refractivity contribution is -0.134. The zero-order valence-corrected chi connectivity index (χ0v) is 15.2. The molecular formula is C17H20ClN3O5. The Morgan fingerprint density at radius 2 is 1.88 bits per heavy atom. The number of hydrogen-bond donors (Lipinski definition) is 0. The molecule has 2 amide bonds. The highest BCUT2D eigenvalue weighted by atomic mass is 35.5. The SMILES string of the molecule is CCOC(=O)N1CCN(C(=O)CN2CC(=O)Oc3ccc(Cl)cc32)CC1. The number of rotatable bonds is 3. The number of amides is 2. The maximum Gasteiger partial charge on any atom is 0.409 e. The number of anilines is 1. The monoisotopic (exact) mass is 381 g/mol. The number of halogens is 1. The van der Waals surface area contributed by atoms with Gasteiger partial charge in [0.2, 0.25) is 5.91 Å². The number of fused-ring (bicyclic) bond motifs is 1. The van der Waals surface area contributed by atoms with Gasteiger partial charge in [-0.25, -0.2) is 9.59 Å². The number of carbonyl (C=O) groups is 3. The highest BCUT2D eigenvalue weighted by molar-refractivity contribution is 6.31. The first-order valence-corrected chi connectivity index (χ1v) is 8.80. The molecule has 2 aliphatic rings. The summed E-state index contributed by atoms with van der Waals surface area (Å²) < 4.78 is 10.2. The van der Waals surface area contributed by atoms with E-state index in [1.54, 1.807) is 39.8 Å². The third kappa shape index (κ3) is 4.01. The van der Waals surface area contributed by atoms with Crippen LogP contribution in [0.3, 0.4) is 0 Å². The summed E-state index contributed by atoms with van der Waals surface area (Å²) >= 11 is 6.02. The number of ether oxygens (including phenoxy) is 2. The van der Waals surface area contributed by atoms with Crippen LogP contribution in [-0.2, 0) is 14.3 Å². The van der Waals surface area contributed by atoms with Gasteiger partial charge in [-0.15, -0.1) is 0 Å². The van der Waals surface area contributed by atoms with E-state index in [2.05, 4.69) is 0 Å². The van der Waals surface area contributed by atoms with Gasteiger partial charge in [-0.05, 0) is 25.1 Å². The minimum atomic E-state index is -0.417. The Bertz CT molecular complexity index is 718. The third-order valence-electron chi connectivity index (χ3n) is 4.29. The topological polar surface area (TPSA) is 79.4 Å². The summed E-state index contributed by atoms with van der Waals surface area (Å²) in [4.78, 5) is 41.1. The van der Waals surface area contributed by atoms with Gasteiger partial charge in [0.05, 0.1) is 18.8 Å². The Hall–Kier alpha value is -2.48. The van der Waals surface area contributed by atoms with Crippen LogP contribution >= 0.6 is 11.6 Å². The van der Waals surface area contributed by atoms with Gasteiger partial charge < -0.3 is 24.2 Å². The van der Waals surface area contributed by atoms with Crippen molar-refractivity contribution in [1.29, 1.82) is 0 Å². The zero-order valence-electron chi connectivity index (χ0n) is 14.4. The lowest BCUT2D eigenvalue weighted by Crippen LogP contribution is -2.53. The summed E-state index contributed by atoms with van der Waals surface area (Å²) in [5, 5.41) is 0.502. The van der Waals surface area contributed by atoms with E-state index >= 15 is 0 Å². The standard InChI is InChI=1S/C17H20ClN3O5/c1-2-25-17(24)20-7-5-19(6-8-20)15(22)10-21-11-16(23)26-14-4-3-12(18)9-13(14)21/h3-4,9H,2,5-8,10-11H2,1H3. The van der Waals surface area contributed by atoms with Crippen LogP contribution in [0.15, 0.2) is 18.2 Å². The normalized spacial score (nSPS) is 16.8. The van der Waals surface area contributed by atoms with E-state index < -0.39 is 5.97 Å². The number of carbonyl (C=O) groups excluding carboxylic acids is 3. The smallest absolute Gasteiger partial charge is 0.409 e. The highest BCUT2D eigenvalue weighted by Crippen LogP contribution is 2.34. The molecule has 1 saturated heterocycles. The van der Waals surface area contributed by atoms with Gasteiger partial charge in [0.15, 0.2) is 5.75 Å². The second-order valence-corrected chi connectivity index (χ2v) is 6.45. The minimum absolute atomic E-state index is 0.0120. The molecule has 0 unspecified atom stereocenters. The van der Waals surface area contributed by atoms with Crippen molar-refractivity contribution in [3.8, 4) is 5.75 Å². The molecule has 1 aromatic rings. The van der Waals surface area contributed by atoms with Crippen molar-refractivity contribution in [1.82, 2.24) is 9.80 Å². The Balaban J connectivity index is 1.62. The molecule has 8 nitrogen and oxygen atoms in total. The highest BCUT2D eigenvalue weighted by Gasteiger charge is 2.29. The minimum Gasteiger partial charge on any atom is -0.450 e. The van der Waals surface area contributed by atoms with E-state index in [9.17, 15) is 14.4 Å². The predicted octanol–water partition coefficient (Wildman–Crippen LogP) is 1.37. The molecule has 0 saturated carbocycles. The molecule has 9 heteroatoms. The Morgan fingerprint density at radius 1 is 1.19 bits per heavy atom. The number of piperazine rings is 1. The Kier molecular flexibility index (Phi) is 5.51. The van der Waals surface area contributed by atoms with E-state index in [0.29, 0.717) is 49.2 Å². The summed E-state index contributed by atoms with van der Waals surface area (Å²) in [5.41, 5.74) is 0.621. The van der Waals surface area contributed by atoms with E-state index in [-0.39, 0.29) is 25.1 Å². The summed E-state index contributed by atoms with van der Waals surface area (Å²) in [7, 11) is 0. The second-order valence-electron chi connectivity index (χ2n) is 6.01. The number of nitrogens with zero attached hydrogens (tertiary/aromatic N) is 3. The van der Waals surface area contributed by atoms with Crippen LogP contribution in [-0.4, -0.2) is 73.6 Å². The maximum atomic E-state index is 12.6. The molecule has 1 aromatic carbocycles. The molecule has 1 fully saturated rings. The van der Waals surface area contributed by atoms with E-state index in [4.69, 9.17) is 21.1 Å². The predicted molar refractivity (Wildman–Crippen MR) is 94.5 cm³/mol. The number of hydrogen-bond acceptors (Lipinski definition) is 6. The first-order chi connectivity index (χ1) is 12.5. The molecular weight excluding hydrogens is 362 g/mol. The van der Waals surface area contributed by atoms with Crippen molar-refractivity contribution in [2.24, 2.45) is 0 Å². The molecule has 0 atom stereocenters. The summed E-state index contributed by atoms with van der Waals surface area (Å²) in [5.74, 6) is -0.139. The van der Waals surface area contributed by atoms with Gasteiger partial charge in [0.1, 0.15) is 6.54 Å². The summed E-state index contributed by atoms with van der Waals surface area (Å²) in [6.45, 7) is 3.82. The van der Waals surface area contributed by atoms with E-state index in [1.807, 2.05) is 0 Å². The van der Waals surface area contributed by atoms with Gasteiger partial charge >= 0.3 is 12.1 Å². The third-order valence-corrected chi connectivity index (χ3v) is 4.53. The van der Waals surface area contributed by atoms with Crippen LogP contribution in [0, 0.1) is 0 Å². The van der Waals surface area contributed by atoms with Crippen LogP contribution in [0.1, 0.15) is 6.92 Å². The molecule has 0 bridgehead atoms. The van der Waals surface area contributed by atoms with Gasteiger partial charge in [0, 0.05) is 31.2 Å². The summed E-state index contributed by atoms with van der Waals surface area (Å²) in [6, 6.07) is 4.92. The zero-order chi connectivity index (χ0) is 18.7. The lowest BCUT2D eigenvalue weighted by atomic mass is 10.2. The van der Waals surface area contributed by atoms with Crippen molar-refractivity contribution in [2.75, 3.05) is 50.8 Å². The molecule has 0 N–H and O–H groups in total. The van der Waals surface area contributed by atoms with Crippen LogP contribution in [0.5, 0.6) is 5.75 Å². The molecule has 26 heavy (non-hydrogen) atoms. The molecule has 0 aromatic heterocycles. The largest absolute Gasteiger partial charge is 0.450 e. The molecule has 0 aliphatic carbocycles. The number of benzene rings is 1. The fraction of sp³-hybridized carbons (Fsp3) is 0.471. The first-order valence-electron chi connectivity index (χ1n) is 8.42. The van der Waals surface area contributed by atoms with Gasteiger partial charge in [-0.2, -0.15) is 0 Å². The van der Waals surface area contributed by atoms with Gasteiger partial charge in [-0.1, -0.05) is 11.6 Å². The van der Waals surface area contributed by atoms with Crippen LogP contribution < -0.4 is 9.64 Å². The molecule has 3 rings (SSSR count). The van der Waals surface area contributed by atoms with Crippen molar-refractivity contribution in [3.63, 3.8) is 0 Å². The van der Waals surface area contributed by atoms with Gasteiger partial charge in [-0.3, -0.25) is 4.79 Å². The van der Waals surface area contributed by atoms with Gasteiger partial charge in [0.25, 0.3) is 0 Å². The number of esters is 1. The van der Waals surface area contributed by atoms with Crippen molar-refractivity contribution < 1.29 is 23.9 Å². The fourth-order valence-electron chi connectivity index (χ4n) is 2.98. The first kappa shape index (κ1) is 18.3. The molecule has 0 radical (unpaired) electrons. The fourth-order valence-corrected chi connectivity index (χ4v) is 3.14. The van der Waals surface area contributed by atoms with E-state index in [1.165, 1.54) is 0 Å². The van der Waals surface area contributed by atoms with Crippen LogP contribution in [0.2, 0.25) is 5.02 Å². The van der Waals surface area contributed by atoms with Crippen molar-refractivity contribution in [2.45, 2.75) is 6.92 Å². The summed E-state index contributed by atoms with van der Waals surface area (Å²) in [6.07, 6.45) is -0.359. The lowest BCUT2D eigenvalue weighted by Gasteiger charge is -2.36. The molecule has 140 valence electrons. The molecule has 0 spiro atoms. The average molecular weight is 382 g/mol. The van der Waals surface area contributed by atoms with E-state index in [0.717, 1.165) is 0 Å². The quantitative estimate of drug-likeness (QED) is 0.581. The second kappa shape index (κ2) is 7.82. The van der Waals surface area contributed by atoms with Crippen molar-refractivity contribution in [3.05, 3.63) is 23.2 Å². The van der Waals surface area contributed by atoms with Crippen LogP contribution in [0.25, 0.3) is 0 Å². The Labute approximate surface area is 156 Å². The Morgan fingerprint density at radius 3 is 2.58 bits per heavy atom. The average Bonchev–Trinajstić information content (AvgIpc) is 2.62. The molecule has 2 heterocycles. The van der Waals surface area contributed by atoms with Crippen LogP contribution in [0.4, 0.5) is 10.5 Å². The molecule has 2 aliphatic heterocycles. The maximum absolute atomic E-state index is 12.6.